The molecule has 4 nitrogen and oxygen atoms in total. The van der Waals surface area contributed by atoms with E-state index < -0.39 is 0 Å². The molecule has 1 aliphatic rings. The average Bonchev–Trinajstić information content (AvgIpc) is 3.30. The lowest BCUT2D eigenvalue weighted by atomic mass is 9.93. The summed E-state index contributed by atoms with van der Waals surface area (Å²) < 4.78 is 0. The number of thiophene rings is 1. The number of carbonyl (C=O) groups is 2. The third-order valence-corrected chi connectivity index (χ3v) is 8.10. The van der Waals surface area contributed by atoms with Crippen LogP contribution in [0.25, 0.3) is 0 Å². The minimum absolute atomic E-state index is 0.0263. The highest BCUT2D eigenvalue weighted by Crippen LogP contribution is 2.41. The summed E-state index contributed by atoms with van der Waals surface area (Å²) in [5.41, 5.74) is 2.37. The van der Waals surface area contributed by atoms with Crippen LogP contribution in [0.3, 0.4) is 0 Å². The van der Waals surface area contributed by atoms with Crippen molar-refractivity contribution in [3.63, 3.8) is 0 Å². The van der Waals surface area contributed by atoms with Gasteiger partial charge in [0, 0.05) is 38.1 Å². The van der Waals surface area contributed by atoms with Crippen LogP contribution in [0.4, 0.5) is 0 Å². The van der Waals surface area contributed by atoms with Gasteiger partial charge in [-0.1, -0.05) is 53.9 Å². The van der Waals surface area contributed by atoms with Crippen LogP contribution in [-0.4, -0.2) is 40.7 Å². The second-order valence-electron chi connectivity index (χ2n) is 8.41. The number of hydrogen-bond donors (Lipinski definition) is 0. The number of nitrogens with zero attached hydrogens (tertiary/aromatic N) is 2. The summed E-state index contributed by atoms with van der Waals surface area (Å²) >= 11 is 20.5. The molecule has 0 bridgehead atoms. The molecule has 1 aliphatic heterocycles. The van der Waals surface area contributed by atoms with Crippen molar-refractivity contribution < 1.29 is 9.59 Å². The first-order valence-corrected chi connectivity index (χ1v) is 13.2. The maximum Gasteiger partial charge on any atom is 0.254 e. The van der Waals surface area contributed by atoms with E-state index in [9.17, 15) is 9.59 Å². The van der Waals surface area contributed by atoms with E-state index in [1.807, 2.05) is 30.2 Å². The lowest BCUT2D eigenvalue weighted by Gasteiger charge is -2.38. The van der Waals surface area contributed by atoms with E-state index in [4.69, 9.17) is 34.8 Å². The number of benzene rings is 2. The van der Waals surface area contributed by atoms with Gasteiger partial charge in [-0.2, -0.15) is 0 Å². The molecule has 0 spiro atoms. The number of amides is 2. The Balaban J connectivity index is 1.67. The Morgan fingerprint density at radius 1 is 1.09 bits per heavy atom. The molecule has 2 atom stereocenters. The summed E-state index contributed by atoms with van der Waals surface area (Å²) in [7, 11) is 0. The van der Waals surface area contributed by atoms with E-state index in [1.165, 1.54) is 4.88 Å². The second-order valence-corrected chi connectivity index (χ2v) is 10.7. The first-order chi connectivity index (χ1) is 16.3. The van der Waals surface area contributed by atoms with Gasteiger partial charge in [-0.3, -0.25) is 9.59 Å². The molecule has 2 aromatic carbocycles. The number of rotatable bonds is 6. The molecule has 0 aliphatic carbocycles. The van der Waals surface area contributed by atoms with Crippen molar-refractivity contribution in [2.75, 3.05) is 13.1 Å². The highest BCUT2D eigenvalue weighted by Gasteiger charge is 2.35. The van der Waals surface area contributed by atoms with Gasteiger partial charge in [0.25, 0.3) is 5.91 Å². The van der Waals surface area contributed by atoms with Crippen molar-refractivity contribution in [1.29, 1.82) is 0 Å². The fraction of sp³-hybridized carbons (Fsp3) is 0.308. The first kappa shape index (κ1) is 25.1. The fourth-order valence-corrected chi connectivity index (χ4v) is 5.92. The minimum Gasteiger partial charge on any atom is -0.330 e. The minimum atomic E-state index is -0.327. The van der Waals surface area contributed by atoms with Gasteiger partial charge in [0.15, 0.2) is 0 Å². The Bertz CT molecular complexity index is 1210. The molecule has 3 aromatic rings. The maximum atomic E-state index is 13.8. The van der Waals surface area contributed by atoms with Crippen LogP contribution in [0.5, 0.6) is 0 Å². The molecule has 8 heteroatoms. The van der Waals surface area contributed by atoms with E-state index >= 15 is 0 Å². The standard InChI is InChI=1S/C26H25Cl3N2O2S/c1-3-16(2)31(26(33)17-5-4-6-18(27)13-17)15-24(32)30-11-9-23-21(10-12-34-23)25(30)20-8-7-19(28)14-22(20)29/h4-8,10,12-14,16,25H,3,9,11,15H2,1-2H3/t16-,25+/m0/s1. The number of carbonyl (C=O) groups excluding carboxylic acids is 2. The molecule has 0 N–H and O–H groups in total. The van der Waals surface area contributed by atoms with Gasteiger partial charge in [-0.25, -0.2) is 0 Å². The molecule has 0 saturated carbocycles. The van der Waals surface area contributed by atoms with Crippen LogP contribution >= 0.6 is 46.1 Å². The number of hydrogen-bond acceptors (Lipinski definition) is 3. The molecule has 2 heterocycles. The Labute approximate surface area is 219 Å². The lowest BCUT2D eigenvalue weighted by molar-refractivity contribution is -0.134. The molecular weight excluding hydrogens is 511 g/mol. The average molecular weight is 536 g/mol. The Morgan fingerprint density at radius 3 is 2.56 bits per heavy atom. The summed E-state index contributed by atoms with van der Waals surface area (Å²) in [4.78, 5) is 31.9. The van der Waals surface area contributed by atoms with Gasteiger partial charge in [0.1, 0.15) is 6.54 Å². The van der Waals surface area contributed by atoms with Crippen molar-refractivity contribution in [2.24, 2.45) is 0 Å². The van der Waals surface area contributed by atoms with Crippen LogP contribution in [0.15, 0.2) is 53.9 Å². The second kappa shape index (κ2) is 10.7. The molecule has 0 fully saturated rings. The zero-order chi connectivity index (χ0) is 24.4. The van der Waals surface area contributed by atoms with Crippen molar-refractivity contribution in [2.45, 2.75) is 38.8 Å². The van der Waals surface area contributed by atoms with Gasteiger partial charge < -0.3 is 9.80 Å². The molecule has 2 amide bonds. The molecule has 34 heavy (non-hydrogen) atoms. The van der Waals surface area contributed by atoms with Gasteiger partial charge in [0.05, 0.1) is 6.04 Å². The largest absolute Gasteiger partial charge is 0.330 e. The highest BCUT2D eigenvalue weighted by atomic mass is 35.5. The van der Waals surface area contributed by atoms with Crippen molar-refractivity contribution in [3.05, 3.63) is 90.5 Å². The van der Waals surface area contributed by atoms with Gasteiger partial charge in [0.2, 0.25) is 5.91 Å². The molecular formula is C26H25Cl3N2O2S. The molecule has 4 rings (SSSR count). The van der Waals surface area contributed by atoms with Gasteiger partial charge in [-0.15, -0.1) is 11.3 Å². The quantitative estimate of drug-likeness (QED) is 0.337. The van der Waals surface area contributed by atoms with Crippen LogP contribution in [0.2, 0.25) is 15.1 Å². The van der Waals surface area contributed by atoms with Crippen LogP contribution in [0.1, 0.15) is 52.7 Å². The molecule has 1 aromatic heterocycles. The zero-order valence-corrected chi connectivity index (χ0v) is 22.0. The summed E-state index contributed by atoms with van der Waals surface area (Å²) in [6, 6.07) is 13.8. The van der Waals surface area contributed by atoms with Crippen LogP contribution < -0.4 is 0 Å². The van der Waals surface area contributed by atoms with E-state index in [1.54, 1.807) is 52.6 Å². The number of halogens is 3. The highest BCUT2D eigenvalue weighted by molar-refractivity contribution is 7.10. The lowest BCUT2D eigenvalue weighted by Crippen LogP contribution is -2.49. The van der Waals surface area contributed by atoms with Gasteiger partial charge in [-0.05, 0) is 72.7 Å². The summed E-state index contributed by atoms with van der Waals surface area (Å²) in [6.07, 6.45) is 1.49. The predicted molar refractivity (Wildman–Crippen MR) is 140 cm³/mol. The van der Waals surface area contributed by atoms with E-state index in [0.29, 0.717) is 27.2 Å². The normalized spacial score (nSPS) is 16.1. The van der Waals surface area contributed by atoms with Crippen molar-refractivity contribution >= 4 is 58.0 Å². The van der Waals surface area contributed by atoms with E-state index in [0.717, 1.165) is 24.0 Å². The van der Waals surface area contributed by atoms with E-state index in [-0.39, 0.29) is 30.4 Å². The third-order valence-electron chi connectivity index (χ3n) is 6.30. The molecule has 0 saturated heterocycles. The summed E-state index contributed by atoms with van der Waals surface area (Å²) in [5.74, 6) is -0.331. The smallest absolute Gasteiger partial charge is 0.254 e. The SMILES string of the molecule is CC[C@H](C)N(CC(=O)N1CCc2sccc2[C@H]1c1ccc(Cl)cc1Cl)C(=O)c1cccc(Cl)c1. The van der Waals surface area contributed by atoms with Crippen LogP contribution in [-0.2, 0) is 11.2 Å². The molecule has 0 radical (unpaired) electrons. The summed E-state index contributed by atoms with van der Waals surface area (Å²) in [6.45, 7) is 4.48. The topological polar surface area (TPSA) is 40.6 Å². The molecule has 178 valence electrons. The fourth-order valence-electron chi connectivity index (χ4n) is 4.32. The predicted octanol–water partition coefficient (Wildman–Crippen LogP) is 7.12. The van der Waals surface area contributed by atoms with Crippen molar-refractivity contribution in [3.8, 4) is 0 Å². The van der Waals surface area contributed by atoms with Crippen molar-refractivity contribution in [1.82, 2.24) is 9.80 Å². The van der Waals surface area contributed by atoms with Gasteiger partial charge >= 0.3 is 0 Å². The Hall–Kier alpha value is -2.05. The van der Waals surface area contributed by atoms with Crippen LogP contribution in [0, 0.1) is 0 Å². The third kappa shape index (κ3) is 5.13. The number of fused-ring (bicyclic) bond motifs is 1. The van der Waals surface area contributed by atoms with E-state index in [2.05, 4.69) is 6.07 Å². The summed E-state index contributed by atoms with van der Waals surface area (Å²) in [5, 5.41) is 3.59. The Morgan fingerprint density at radius 2 is 1.85 bits per heavy atom. The zero-order valence-electron chi connectivity index (χ0n) is 18.9. The first-order valence-electron chi connectivity index (χ1n) is 11.2. The molecule has 0 unspecified atom stereocenters. The monoisotopic (exact) mass is 534 g/mol. The maximum absolute atomic E-state index is 13.8. The Kier molecular flexibility index (Phi) is 7.88.